The van der Waals surface area contributed by atoms with E-state index in [1.807, 2.05) is 31.2 Å². The summed E-state index contributed by atoms with van der Waals surface area (Å²) in [4.78, 5) is 37.7. The summed E-state index contributed by atoms with van der Waals surface area (Å²) in [7, 11) is 3.10. The van der Waals surface area contributed by atoms with Crippen LogP contribution in [0.1, 0.15) is 59.8 Å². The van der Waals surface area contributed by atoms with E-state index in [9.17, 15) is 9.59 Å². The van der Waals surface area contributed by atoms with Crippen molar-refractivity contribution in [3.8, 4) is 11.5 Å². The minimum atomic E-state index is -0.969. The van der Waals surface area contributed by atoms with E-state index in [-0.39, 0.29) is 17.6 Å². The first-order valence-corrected chi connectivity index (χ1v) is 12.2. The first kappa shape index (κ1) is 25.2. The molecule has 1 atom stereocenters. The molecule has 1 aliphatic carbocycles. The highest BCUT2D eigenvalue weighted by molar-refractivity contribution is 6.09. The van der Waals surface area contributed by atoms with Crippen molar-refractivity contribution in [2.45, 2.75) is 51.1 Å². The van der Waals surface area contributed by atoms with E-state index < -0.39 is 11.9 Å². The van der Waals surface area contributed by atoms with Gasteiger partial charge in [0.25, 0.3) is 5.91 Å². The summed E-state index contributed by atoms with van der Waals surface area (Å²) in [6.07, 6.45) is 9.56. The summed E-state index contributed by atoms with van der Waals surface area (Å²) in [6.45, 7) is 1.95. The zero-order valence-electron chi connectivity index (χ0n) is 20.9. The Kier molecular flexibility index (Phi) is 8.15. The highest BCUT2D eigenvalue weighted by atomic mass is 16.5. The quantitative estimate of drug-likeness (QED) is 0.497. The number of aryl methyl sites for hydroxylation is 1. The molecule has 8 nitrogen and oxygen atoms in total. The van der Waals surface area contributed by atoms with Crippen molar-refractivity contribution in [3.63, 3.8) is 0 Å². The number of amides is 2. The van der Waals surface area contributed by atoms with Crippen molar-refractivity contribution in [1.29, 1.82) is 0 Å². The van der Waals surface area contributed by atoms with Crippen molar-refractivity contribution in [1.82, 2.24) is 15.3 Å². The normalized spacial score (nSPS) is 14.5. The molecule has 0 radical (unpaired) electrons. The summed E-state index contributed by atoms with van der Waals surface area (Å²) in [5.74, 6) is 0.330. The Morgan fingerprint density at radius 3 is 2.44 bits per heavy atom. The van der Waals surface area contributed by atoms with Crippen LogP contribution in [-0.2, 0) is 4.79 Å². The molecule has 1 aromatic heterocycles. The molecule has 1 saturated carbocycles. The van der Waals surface area contributed by atoms with Crippen LogP contribution < -0.4 is 19.7 Å². The largest absolute Gasteiger partial charge is 0.493 e. The van der Waals surface area contributed by atoms with E-state index in [2.05, 4.69) is 15.3 Å². The van der Waals surface area contributed by atoms with E-state index in [0.717, 1.165) is 31.2 Å². The second-order valence-electron chi connectivity index (χ2n) is 8.97. The van der Waals surface area contributed by atoms with Crippen molar-refractivity contribution >= 4 is 17.5 Å². The van der Waals surface area contributed by atoms with Gasteiger partial charge in [0.2, 0.25) is 5.91 Å². The van der Waals surface area contributed by atoms with Gasteiger partial charge in [-0.25, -0.2) is 4.98 Å². The van der Waals surface area contributed by atoms with Gasteiger partial charge in [-0.1, -0.05) is 37.5 Å². The number of carbonyl (C=O) groups is 2. The molecule has 1 heterocycles. The fourth-order valence-corrected chi connectivity index (χ4v) is 4.66. The second-order valence-corrected chi connectivity index (χ2v) is 8.97. The Morgan fingerprint density at radius 2 is 1.78 bits per heavy atom. The van der Waals surface area contributed by atoms with Crippen LogP contribution in [0.5, 0.6) is 11.5 Å². The van der Waals surface area contributed by atoms with Gasteiger partial charge in [0, 0.05) is 24.1 Å². The van der Waals surface area contributed by atoms with Gasteiger partial charge >= 0.3 is 0 Å². The van der Waals surface area contributed by atoms with E-state index >= 15 is 0 Å². The molecule has 0 bridgehead atoms. The Morgan fingerprint density at radius 1 is 1.00 bits per heavy atom. The third-order valence-corrected chi connectivity index (χ3v) is 6.46. The molecule has 2 amide bonds. The predicted molar refractivity (Wildman–Crippen MR) is 137 cm³/mol. The van der Waals surface area contributed by atoms with Crippen LogP contribution in [0.4, 0.5) is 5.69 Å². The Hall–Kier alpha value is -3.94. The lowest BCUT2D eigenvalue weighted by molar-refractivity contribution is -0.123. The summed E-state index contributed by atoms with van der Waals surface area (Å²) in [5, 5.41) is 3.21. The fraction of sp³-hybridized carbons (Fsp3) is 0.357. The molecule has 0 spiro atoms. The molecule has 36 heavy (non-hydrogen) atoms. The lowest BCUT2D eigenvalue weighted by atomic mass is 9.94. The summed E-state index contributed by atoms with van der Waals surface area (Å²) in [5.41, 5.74) is 2.29. The van der Waals surface area contributed by atoms with Crippen LogP contribution in [0.3, 0.4) is 0 Å². The van der Waals surface area contributed by atoms with Gasteiger partial charge in [0.05, 0.1) is 20.4 Å². The monoisotopic (exact) mass is 488 g/mol. The third-order valence-electron chi connectivity index (χ3n) is 6.46. The molecule has 188 valence electrons. The molecule has 4 rings (SSSR count). The van der Waals surface area contributed by atoms with Crippen molar-refractivity contribution in [2.24, 2.45) is 0 Å². The molecule has 1 N–H and O–H groups in total. The number of hydrogen-bond donors (Lipinski definition) is 1. The average Bonchev–Trinajstić information content (AvgIpc) is 2.92. The number of hydrogen-bond acceptors (Lipinski definition) is 6. The van der Waals surface area contributed by atoms with Gasteiger partial charge in [-0.15, -0.1) is 0 Å². The Labute approximate surface area is 211 Å². The van der Waals surface area contributed by atoms with E-state index in [4.69, 9.17) is 9.47 Å². The molecule has 1 fully saturated rings. The van der Waals surface area contributed by atoms with Gasteiger partial charge in [-0.2, -0.15) is 0 Å². The van der Waals surface area contributed by atoms with E-state index in [1.54, 1.807) is 32.4 Å². The molecule has 0 unspecified atom stereocenters. The second kappa shape index (κ2) is 11.7. The SMILES string of the molecule is COc1ccc([C@@H](C(=O)NC2CCCCC2)N(C(=O)c2cnccn2)c2cccc(C)c2)cc1OC. The molecule has 2 aromatic carbocycles. The van der Waals surface area contributed by atoms with Crippen molar-refractivity contribution in [3.05, 3.63) is 77.9 Å². The van der Waals surface area contributed by atoms with E-state index in [0.29, 0.717) is 22.7 Å². The topological polar surface area (TPSA) is 93.7 Å². The van der Waals surface area contributed by atoms with Crippen LogP contribution in [0.25, 0.3) is 0 Å². The van der Waals surface area contributed by atoms with Gasteiger partial charge < -0.3 is 14.8 Å². The third kappa shape index (κ3) is 5.64. The average molecular weight is 489 g/mol. The maximum absolute atomic E-state index is 14.0. The van der Waals surface area contributed by atoms with E-state index in [1.165, 1.54) is 29.9 Å². The zero-order chi connectivity index (χ0) is 25.5. The Bertz CT molecular complexity index is 1200. The molecular weight excluding hydrogens is 456 g/mol. The van der Waals surface area contributed by atoms with Gasteiger partial charge in [-0.3, -0.25) is 19.5 Å². The minimum absolute atomic E-state index is 0.0693. The number of benzene rings is 2. The number of nitrogens with one attached hydrogen (secondary N) is 1. The van der Waals surface area contributed by atoms with Gasteiger partial charge in [0.1, 0.15) is 11.7 Å². The van der Waals surface area contributed by atoms with Crippen LogP contribution in [0.15, 0.2) is 61.1 Å². The number of methoxy groups -OCH3 is 2. The van der Waals surface area contributed by atoms with Crippen LogP contribution in [0, 0.1) is 6.92 Å². The number of rotatable bonds is 8. The fourth-order valence-electron chi connectivity index (χ4n) is 4.66. The number of anilines is 1. The number of carbonyl (C=O) groups excluding carboxylic acids is 2. The first-order valence-electron chi connectivity index (χ1n) is 12.2. The van der Waals surface area contributed by atoms with Crippen LogP contribution in [-0.4, -0.2) is 42.0 Å². The van der Waals surface area contributed by atoms with Gasteiger partial charge in [-0.05, 0) is 55.2 Å². The zero-order valence-corrected chi connectivity index (χ0v) is 20.9. The first-order chi connectivity index (χ1) is 17.5. The summed E-state index contributed by atoms with van der Waals surface area (Å²) in [6, 6.07) is 11.9. The van der Waals surface area contributed by atoms with Crippen molar-refractivity contribution < 1.29 is 19.1 Å². The molecule has 8 heteroatoms. The molecule has 3 aromatic rings. The highest BCUT2D eigenvalue weighted by Crippen LogP contribution is 2.35. The molecule has 0 saturated heterocycles. The molecule has 1 aliphatic rings. The summed E-state index contributed by atoms with van der Waals surface area (Å²) < 4.78 is 10.9. The smallest absolute Gasteiger partial charge is 0.279 e. The minimum Gasteiger partial charge on any atom is -0.493 e. The van der Waals surface area contributed by atoms with Gasteiger partial charge in [0.15, 0.2) is 11.5 Å². The predicted octanol–water partition coefficient (Wildman–Crippen LogP) is 4.64. The lowest BCUT2D eigenvalue weighted by Gasteiger charge is -2.33. The maximum atomic E-state index is 14.0. The summed E-state index contributed by atoms with van der Waals surface area (Å²) >= 11 is 0. The number of ether oxygens (including phenoxy) is 2. The highest BCUT2D eigenvalue weighted by Gasteiger charge is 2.36. The maximum Gasteiger partial charge on any atom is 0.279 e. The number of nitrogens with zero attached hydrogens (tertiary/aromatic N) is 3. The van der Waals surface area contributed by atoms with Crippen molar-refractivity contribution in [2.75, 3.05) is 19.1 Å². The van der Waals surface area contributed by atoms with Crippen LogP contribution >= 0.6 is 0 Å². The lowest BCUT2D eigenvalue weighted by Crippen LogP contribution is -2.47. The molecule has 0 aliphatic heterocycles. The molecular formula is C28H32N4O4. The number of aromatic nitrogens is 2. The Balaban J connectivity index is 1.85. The standard InChI is InChI=1S/C28H32N4O4/c1-19-8-7-11-22(16-19)32(28(34)23-18-29-14-15-30-23)26(27(33)31-21-9-5-4-6-10-21)20-12-13-24(35-2)25(17-20)36-3/h7-8,11-18,21,26H,4-6,9-10H2,1-3H3,(H,31,33)/t26-/m0/s1. The van der Waals surface area contributed by atoms with Crippen LogP contribution in [0.2, 0.25) is 0 Å².